The Kier molecular flexibility index (Phi) is 3.67. The van der Waals surface area contributed by atoms with Crippen LogP contribution in [0.4, 0.5) is 5.69 Å². The van der Waals surface area contributed by atoms with E-state index in [-0.39, 0.29) is 5.54 Å². The summed E-state index contributed by atoms with van der Waals surface area (Å²) in [4.78, 5) is 2.50. The summed E-state index contributed by atoms with van der Waals surface area (Å²) in [5.74, 6) is 0.407. The summed E-state index contributed by atoms with van der Waals surface area (Å²) in [6.45, 7) is 10.2. The van der Waals surface area contributed by atoms with E-state index in [2.05, 4.69) is 50.8 Å². The van der Waals surface area contributed by atoms with Gasteiger partial charge in [0, 0.05) is 30.3 Å². The molecule has 0 aliphatic carbocycles. The van der Waals surface area contributed by atoms with Crippen LogP contribution in [0.2, 0.25) is 0 Å². The fourth-order valence-corrected chi connectivity index (χ4v) is 3.29. The van der Waals surface area contributed by atoms with Gasteiger partial charge in [-0.15, -0.1) is 0 Å². The summed E-state index contributed by atoms with van der Waals surface area (Å²) in [6.07, 6.45) is 2.13. The summed E-state index contributed by atoms with van der Waals surface area (Å²) >= 11 is 0. The first-order valence-electron chi connectivity index (χ1n) is 6.96. The Morgan fingerprint density at radius 2 is 2.11 bits per heavy atom. The number of nitrogens with zero attached hydrogens (tertiary/aromatic N) is 1. The molecule has 1 aliphatic rings. The lowest BCUT2D eigenvalue weighted by Gasteiger charge is -2.36. The number of para-hydroxylation sites is 1. The number of hydrogen-bond acceptors (Lipinski definition) is 2. The smallest absolute Gasteiger partial charge is 0.0477 e. The molecule has 0 bridgehead atoms. The maximum absolute atomic E-state index is 9.43. The van der Waals surface area contributed by atoms with E-state index in [1.807, 2.05) is 0 Å². The molecule has 2 rings (SSSR count). The Bertz CT molecular complexity index is 425. The minimum atomic E-state index is 0.142. The van der Waals surface area contributed by atoms with Crippen molar-refractivity contribution in [3.8, 4) is 0 Å². The van der Waals surface area contributed by atoms with Gasteiger partial charge in [0.1, 0.15) is 0 Å². The molecular formula is C16H25NO. The largest absolute Gasteiger partial charge is 0.396 e. The third kappa shape index (κ3) is 2.26. The Hall–Kier alpha value is -1.02. The maximum Gasteiger partial charge on any atom is 0.0477 e. The van der Waals surface area contributed by atoms with Gasteiger partial charge in [-0.1, -0.05) is 25.1 Å². The van der Waals surface area contributed by atoms with Crippen LogP contribution in [0.3, 0.4) is 0 Å². The minimum Gasteiger partial charge on any atom is -0.396 e. The number of benzene rings is 1. The van der Waals surface area contributed by atoms with Gasteiger partial charge in [0.25, 0.3) is 0 Å². The number of aliphatic hydroxyl groups is 1. The molecule has 1 aromatic rings. The molecule has 1 fully saturated rings. The van der Waals surface area contributed by atoms with Crippen molar-refractivity contribution in [2.45, 2.75) is 46.1 Å². The fourth-order valence-electron chi connectivity index (χ4n) is 3.29. The Morgan fingerprint density at radius 1 is 1.39 bits per heavy atom. The maximum atomic E-state index is 9.43. The van der Waals surface area contributed by atoms with Crippen molar-refractivity contribution in [2.75, 3.05) is 18.1 Å². The lowest BCUT2D eigenvalue weighted by molar-refractivity contribution is 0.232. The topological polar surface area (TPSA) is 23.5 Å². The number of hydrogen-bond donors (Lipinski definition) is 1. The molecule has 1 unspecified atom stereocenters. The lowest BCUT2D eigenvalue weighted by Crippen LogP contribution is -2.39. The molecule has 0 saturated carbocycles. The van der Waals surface area contributed by atoms with Gasteiger partial charge >= 0.3 is 0 Å². The van der Waals surface area contributed by atoms with Gasteiger partial charge in [0.15, 0.2) is 0 Å². The molecule has 1 heterocycles. The van der Waals surface area contributed by atoms with Crippen LogP contribution in [-0.2, 0) is 6.42 Å². The molecule has 2 nitrogen and oxygen atoms in total. The number of aliphatic hydroxyl groups excluding tert-OH is 1. The second kappa shape index (κ2) is 4.93. The van der Waals surface area contributed by atoms with Crippen molar-refractivity contribution in [3.63, 3.8) is 0 Å². The van der Waals surface area contributed by atoms with E-state index in [1.165, 1.54) is 16.8 Å². The predicted molar refractivity (Wildman–Crippen MR) is 77.2 cm³/mol. The molecule has 1 aliphatic heterocycles. The predicted octanol–water partition coefficient (Wildman–Crippen LogP) is 3.15. The minimum absolute atomic E-state index is 0.142. The third-order valence-electron chi connectivity index (χ3n) is 4.19. The highest BCUT2D eigenvalue weighted by atomic mass is 16.3. The van der Waals surface area contributed by atoms with E-state index in [9.17, 15) is 5.11 Å². The van der Waals surface area contributed by atoms with E-state index in [4.69, 9.17) is 0 Å². The zero-order valence-electron chi connectivity index (χ0n) is 12.0. The van der Waals surface area contributed by atoms with Crippen molar-refractivity contribution in [1.29, 1.82) is 0 Å². The van der Waals surface area contributed by atoms with E-state index in [1.54, 1.807) is 0 Å². The van der Waals surface area contributed by atoms with Crippen molar-refractivity contribution in [3.05, 3.63) is 29.3 Å². The van der Waals surface area contributed by atoms with Gasteiger partial charge in [-0.3, -0.25) is 0 Å². The zero-order chi connectivity index (χ0) is 13.3. The molecule has 1 saturated heterocycles. The first kappa shape index (κ1) is 13.4. The van der Waals surface area contributed by atoms with Crippen LogP contribution in [0.5, 0.6) is 0 Å². The summed E-state index contributed by atoms with van der Waals surface area (Å²) in [6, 6.07) is 6.56. The number of rotatable bonds is 3. The first-order chi connectivity index (χ1) is 8.49. The SMILES string of the molecule is CCc1cccc(C)c1N1CC(CO)CC1(C)C. The van der Waals surface area contributed by atoms with Gasteiger partial charge in [-0.25, -0.2) is 0 Å². The fraction of sp³-hybridized carbons (Fsp3) is 0.625. The van der Waals surface area contributed by atoms with Gasteiger partial charge in [0.05, 0.1) is 0 Å². The number of aryl methyl sites for hydroxylation is 2. The molecule has 0 spiro atoms. The molecule has 0 aromatic heterocycles. The normalized spacial score (nSPS) is 22.5. The monoisotopic (exact) mass is 247 g/mol. The summed E-state index contributed by atoms with van der Waals surface area (Å²) < 4.78 is 0. The van der Waals surface area contributed by atoms with Crippen molar-refractivity contribution in [1.82, 2.24) is 0 Å². The Morgan fingerprint density at radius 3 is 2.67 bits per heavy atom. The molecule has 0 amide bonds. The third-order valence-corrected chi connectivity index (χ3v) is 4.19. The highest BCUT2D eigenvalue weighted by Crippen LogP contribution is 2.39. The van der Waals surface area contributed by atoms with E-state index in [0.29, 0.717) is 12.5 Å². The highest BCUT2D eigenvalue weighted by Gasteiger charge is 2.39. The van der Waals surface area contributed by atoms with Crippen LogP contribution in [0.15, 0.2) is 18.2 Å². The molecule has 1 N–H and O–H groups in total. The second-order valence-electron chi connectivity index (χ2n) is 6.11. The van der Waals surface area contributed by atoms with Crippen LogP contribution in [0.25, 0.3) is 0 Å². The zero-order valence-corrected chi connectivity index (χ0v) is 12.0. The standard InChI is InChI=1S/C16H25NO/c1-5-14-8-6-7-12(2)15(14)17-10-13(11-18)9-16(17,3)4/h6-8,13,18H,5,9-11H2,1-4H3. The van der Waals surface area contributed by atoms with E-state index in [0.717, 1.165) is 19.4 Å². The molecule has 0 radical (unpaired) electrons. The second-order valence-corrected chi connectivity index (χ2v) is 6.11. The van der Waals surface area contributed by atoms with Crippen LogP contribution >= 0.6 is 0 Å². The summed E-state index contributed by atoms with van der Waals surface area (Å²) in [5.41, 5.74) is 4.30. The molecular weight excluding hydrogens is 222 g/mol. The van der Waals surface area contributed by atoms with Crippen LogP contribution in [-0.4, -0.2) is 23.8 Å². The van der Waals surface area contributed by atoms with Crippen molar-refractivity contribution in [2.24, 2.45) is 5.92 Å². The van der Waals surface area contributed by atoms with Crippen LogP contribution in [0, 0.1) is 12.8 Å². The summed E-state index contributed by atoms with van der Waals surface area (Å²) in [7, 11) is 0. The van der Waals surface area contributed by atoms with Gasteiger partial charge in [-0.05, 0) is 44.7 Å². The van der Waals surface area contributed by atoms with Crippen LogP contribution in [0.1, 0.15) is 38.3 Å². The Labute approximate surface area is 111 Å². The number of anilines is 1. The van der Waals surface area contributed by atoms with E-state index >= 15 is 0 Å². The van der Waals surface area contributed by atoms with Crippen molar-refractivity contribution >= 4 is 5.69 Å². The van der Waals surface area contributed by atoms with Crippen molar-refractivity contribution < 1.29 is 5.11 Å². The average Bonchev–Trinajstić information content (AvgIpc) is 2.64. The molecule has 18 heavy (non-hydrogen) atoms. The molecule has 2 heteroatoms. The quantitative estimate of drug-likeness (QED) is 0.887. The van der Waals surface area contributed by atoms with Gasteiger partial charge in [0.2, 0.25) is 0 Å². The molecule has 100 valence electrons. The van der Waals surface area contributed by atoms with Crippen LogP contribution < -0.4 is 4.90 Å². The van der Waals surface area contributed by atoms with Gasteiger partial charge in [-0.2, -0.15) is 0 Å². The Balaban J connectivity index is 2.42. The molecule has 1 atom stereocenters. The van der Waals surface area contributed by atoms with Gasteiger partial charge < -0.3 is 10.0 Å². The highest BCUT2D eigenvalue weighted by molar-refractivity contribution is 5.61. The summed E-state index contributed by atoms with van der Waals surface area (Å²) in [5, 5.41) is 9.43. The lowest BCUT2D eigenvalue weighted by atomic mass is 9.95. The average molecular weight is 247 g/mol. The van der Waals surface area contributed by atoms with E-state index < -0.39 is 0 Å². The molecule has 1 aromatic carbocycles. The first-order valence-corrected chi connectivity index (χ1v) is 6.96.